The SMILES string of the molecule is COC(=C(C#N)C#N)c1ccc(Br)c(F)c1F. The summed E-state index contributed by atoms with van der Waals surface area (Å²) in [5.74, 6) is -2.58. The van der Waals surface area contributed by atoms with Gasteiger partial charge in [-0.25, -0.2) is 8.78 Å². The first-order chi connectivity index (χ1) is 8.06. The van der Waals surface area contributed by atoms with Crippen molar-refractivity contribution in [1.29, 1.82) is 10.5 Å². The Morgan fingerprint density at radius 3 is 2.29 bits per heavy atom. The summed E-state index contributed by atoms with van der Waals surface area (Å²) in [5, 5.41) is 17.3. The van der Waals surface area contributed by atoms with Gasteiger partial charge in [-0.2, -0.15) is 10.5 Å². The van der Waals surface area contributed by atoms with Gasteiger partial charge in [-0.05, 0) is 28.1 Å². The molecule has 0 heterocycles. The fraction of sp³-hybridized carbons (Fsp3) is 0.0909. The molecule has 6 heteroatoms. The summed E-state index contributed by atoms with van der Waals surface area (Å²) in [7, 11) is 1.17. The van der Waals surface area contributed by atoms with Gasteiger partial charge in [-0.15, -0.1) is 0 Å². The fourth-order valence-corrected chi connectivity index (χ4v) is 1.48. The molecule has 17 heavy (non-hydrogen) atoms. The summed E-state index contributed by atoms with van der Waals surface area (Å²) in [6, 6.07) is 5.59. The third-order valence-electron chi connectivity index (χ3n) is 1.93. The van der Waals surface area contributed by atoms with E-state index in [1.165, 1.54) is 19.2 Å². The van der Waals surface area contributed by atoms with Crippen molar-refractivity contribution >= 4 is 21.7 Å². The molecular formula is C11H5BrF2N2O. The molecule has 0 amide bonds. The zero-order chi connectivity index (χ0) is 13.0. The van der Waals surface area contributed by atoms with Crippen LogP contribution in [-0.4, -0.2) is 7.11 Å². The van der Waals surface area contributed by atoms with E-state index >= 15 is 0 Å². The number of halogens is 3. The monoisotopic (exact) mass is 298 g/mol. The lowest BCUT2D eigenvalue weighted by atomic mass is 10.1. The fourth-order valence-electron chi connectivity index (χ4n) is 1.17. The second-order valence-electron chi connectivity index (χ2n) is 2.85. The summed E-state index contributed by atoms with van der Waals surface area (Å²) in [6.07, 6.45) is 0. The average Bonchev–Trinajstić information content (AvgIpc) is 2.34. The lowest BCUT2D eigenvalue weighted by Gasteiger charge is -2.08. The van der Waals surface area contributed by atoms with Crippen molar-refractivity contribution in [2.24, 2.45) is 0 Å². The summed E-state index contributed by atoms with van der Waals surface area (Å²) in [6.45, 7) is 0. The molecule has 0 spiro atoms. The Bertz CT molecular complexity index is 554. The molecule has 0 bridgehead atoms. The van der Waals surface area contributed by atoms with Gasteiger partial charge < -0.3 is 4.74 Å². The van der Waals surface area contributed by atoms with Crippen molar-refractivity contribution in [3.05, 3.63) is 39.4 Å². The molecule has 3 nitrogen and oxygen atoms in total. The number of nitrogens with zero attached hydrogens (tertiary/aromatic N) is 2. The van der Waals surface area contributed by atoms with Gasteiger partial charge in [0.05, 0.1) is 17.1 Å². The minimum atomic E-state index is -1.18. The lowest BCUT2D eigenvalue weighted by Crippen LogP contribution is -1.99. The maximum Gasteiger partial charge on any atom is 0.173 e. The van der Waals surface area contributed by atoms with E-state index in [0.717, 1.165) is 0 Å². The molecule has 1 aromatic carbocycles. The van der Waals surface area contributed by atoms with E-state index in [2.05, 4.69) is 15.9 Å². The number of allylic oxidation sites excluding steroid dienone is 1. The maximum absolute atomic E-state index is 13.6. The first kappa shape index (κ1) is 13.1. The van der Waals surface area contributed by atoms with E-state index in [1.807, 2.05) is 0 Å². The minimum Gasteiger partial charge on any atom is -0.494 e. The first-order valence-corrected chi connectivity index (χ1v) is 5.08. The third-order valence-corrected chi connectivity index (χ3v) is 2.55. The zero-order valence-electron chi connectivity index (χ0n) is 8.59. The largest absolute Gasteiger partial charge is 0.494 e. The van der Waals surface area contributed by atoms with Gasteiger partial charge in [-0.3, -0.25) is 0 Å². The Morgan fingerprint density at radius 1 is 1.24 bits per heavy atom. The van der Waals surface area contributed by atoms with E-state index in [0.29, 0.717) is 0 Å². The van der Waals surface area contributed by atoms with Crippen molar-refractivity contribution in [1.82, 2.24) is 0 Å². The second-order valence-corrected chi connectivity index (χ2v) is 3.71. The van der Waals surface area contributed by atoms with Crippen LogP contribution in [0.3, 0.4) is 0 Å². The van der Waals surface area contributed by atoms with Gasteiger partial charge in [0.1, 0.15) is 12.1 Å². The minimum absolute atomic E-state index is 0.0512. The number of methoxy groups -OCH3 is 1. The third kappa shape index (κ3) is 2.43. The Hall–Kier alpha value is -1.92. The van der Waals surface area contributed by atoms with Crippen LogP contribution in [0.2, 0.25) is 0 Å². The van der Waals surface area contributed by atoms with Crippen LogP contribution in [0.15, 0.2) is 22.2 Å². The number of nitriles is 2. The van der Waals surface area contributed by atoms with Crippen LogP contribution in [0.1, 0.15) is 5.56 Å². The molecule has 0 saturated carbocycles. The van der Waals surface area contributed by atoms with Gasteiger partial charge >= 0.3 is 0 Å². The average molecular weight is 299 g/mol. The zero-order valence-corrected chi connectivity index (χ0v) is 10.2. The molecular weight excluding hydrogens is 294 g/mol. The molecule has 0 saturated heterocycles. The molecule has 0 aliphatic rings. The van der Waals surface area contributed by atoms with Crippen LogP contribution in [-0.2, 0) is 4.74 Å². The topological polar surface area (TPSA) is 56.8 Å². The van der Waals surface area contributed by atoms with Gasteiger partial charge in [0, 0.05) is 0 Å². The van der Waals surface area contributed by atoms with Crippen molar-refractivity contribution in [2.45, 2.75) is 0 Å². The lowest BCUT2D eigenvalue weighted by molar-refractivity contribution is 0.364. The van der Waals surface area contributed by atoms with E-state index in [4.69, 9.17) is 15.3 Å². The Morgan fingerprint density at radius 2 is 1.82 bits per heavy atom. The highest BCUT2D eigenvalue weighted by molar-refractivity contribution is 9.10. The normalized spacial score (nSPS) is 9.06. The van der Waals surface area contributed by atoms with Crippen molar-refractivity contribution in [3.63, 3.8) is 0 Å². The van der Waals surface area contributed by atoms with Crippen LogP contribution >= 0.6 is 15.9 Å². The molecule has 0 aliphatic heterocycles. The highest BCUT2D eigenvalue weighted by Gasteiger charge is 2.19. The molecule has 0 aliphatic carbocycles. The van der Waals surface area contributed by atoms with Gasteiger partial charge in [-0.1, -0.05) is 0 Å². The van der Waals surface area contributed by atoms with E-state index < -0.39 is 17.2 Å². The number of hydrogen-bond donors (Lipinski definition) is 0. The second kappa shape index (κ2) is 5.42. The molecule has 1 rings (SSSR count). The maximum atomic E-state index is 13.6. The van der Waals surface area contributed by atoms with Crippen LogP contribution in [0.5, 0.6) is 0 Å². The predicted octanol–water partition coefficient (Wildman–Crippen LogP) is 3.13. The smallest absolute Gasteiger partial charge is 0.173 e. The highest BCUT2D eigenvalue weighted by Crippen LogP contribution is 2.27. The van der Waals surface area contributed by atoms with Crippen molar-refractivity contribution < 1.29 is 13.5 Å². The number of ether oxygens (including phenoxy) is 1. The van der Waals surface area contributed by atoms with Crippen LogP contribution in [0, 0.1) is 34.3 Å². The standard InChI is InChI=1S/C11H5BrF2N2O/c1-17-11(6(4-15)5-16)7-2-3-8(12)10(14)9(7)13/h2-3H,1H3. The van der Waals surface area contributed by atoms with Crippen LogP contribution < -0.4 is 0 Å². The predicted molar refractivity (Wildman–Crippen MR) is 59.2 cm³/mol. The molecule has 0 N–H and O–H groups in total. The van der Waals surface area contributed by atoms with Crippen molar-refractivity contribution in [3.8, 4) is 12.1 Å². The van der Waals surface area contributed by atoms with Crippen LogP contribution in [0.25, 0.3) is 5.76 Å². The van der Waals surface area contributed by atoms with Gasteiger partial charge in [0.15, 0.2) is 23.0 Å². The number of rotatable bonds is 2. The number of hydrogen-bond acceptors (Lipinski definition) is 3. The molecule has 0 atom stereocenters. The van der Waals surface area contributed by atoms with Crippen LogP contribution in [0.4, 0.5) is 8.78 Å². The number of benzene rings is 1. The first-order valence-electron chi connectivity index (χ1n) is 4.29. The van der Waals surface area contributed by atoms with E-state index in [9.17, 15) is 8.78 Å². The molecule has 0 aromatic heterocycles. The highest BCUT2D eigenvalue weighted by atomic mass is 79.9. The molecule has 1 aromatic rings. The van der Waals surface area contributed by atoms with E-state index in [-0.39, 0.29) is 15.8 Å². The summed E-state index contributed by atoms with van der Waals surface area (Å²) in [5.41, 5.74) is -0.695. The molecule has 0 radical (unpaired) electrons. The summed E-state index contributed by atoms with van der Waals surface area (Å²) < 4.78 is 31.6. The molecule has 86 valence electrons. The van der Waals surface area contributed by atoms with Crippen molar-refractivity contribution in [2.75, 3.05) is 7.11 Å². The molecule has 0 unspecified atom stereocenters. The summed E-state index contributed by atoms with van der Waals surface area (Å²) in [4.78, 5) is 0. The van der Waals surface area contributed by atoms with E-state index in [1.54, 1.807) is 12.1 Å². The summed E-state index contributed by atoms with van der Waals surface area (Å²) >= 11 is 2.82. The molecule has 0 fully saturated rings. The Kier molecular flexibility index (Phi) is 4.19. The Balaban J connectivity index is 3.55. The van der Waals surface area contributed by atoms with Gasteiger partial charge in [0.25, 0.3) is 0 Å². The quantitative estimate of drug-likeness (QED) is 0.479. The Labute approximate surface area is 105 Å². The van der Waals surface area contributed by atoms with Gasteiger partial charge in [0.2, 0.25) is 0 Å².